The number of hydrogen-bond donors (Lipinski definition) is 1. The quantitative estimate of drug-likeness (QED) is 0.528. The fourth-order valence-electron chi connectivity index (χ4n) is 0.750. The summed E-state index contributed by atoms with van der Waals surface area (Å²) in [6.07, 6.45) is 9.74. The molecule has 0 atom stereocenters. The summed E-state index contributed by atoms with van der Waals surface area (Å²) in [6.45, 7) is 6.72. The van der Waals surface area contributed by atoms with Crippen molar-refractivity contribution >= 4 is 6.21 Å². The Morgan fingerprint density at radius 2 is 1.93 bits per heavy atom. The molecule has 2 heteroatoms. The number of allylic oxidation sites excluding steroid dienone is 6. The van der Waals surface area contributed by atoms with E-state index in [1.165, 1.54) is 5.57 Å². The van der Waals surface area contributed by atoms with Crippen molar-refractivity contribution in [3.05, 3.63) is 35.5 Å². The predicted molar refractivity (Wildman–Crippen MR) is 62.8 cm³/mol. The van der Waals surface area contributed by atoms with Crippen LogP contribution in [0.5, 0.6) is 0 Å². The minimum absolute atomic E-state index is 0.108. The third-order valence-corrected chi connectivity index (χ3v) is 1.46. The predicted octanol–water partition coefficient (Wildman–Crippen LogP) is 2.52. The molecule has 0 unspecified atom stereocenters. The number of aliphatic imine (C=N–C) groups is 1. The zero-order valence-electron chi connectivity index (χ0n) is 9.20. The molecule has 2 nitrogen and oxygen atoms in total. The summed E-state index contributed by atoms with van der Waals surface area (Å²) in [7, 11) is 0. The molecule has 14 heavy (non-hydrogen) atoms. The number of aliphatic hydroxyl groups excluding tert-OH is 1. The van der Waals surface area contributed by atoms with Gasteiger partial charge in [0.2, 0.25) is 0 Å². The third kappa shape index (κ3) is 8.94. The molecule has 78 valence electrons. The third-order valence-electron chi connectivity index (χ3n) is 1.46. The minimum atomic E-state index is 0.108. The lowest BCUT2D eigenvalue weighted by Gasteiger charge is -1.88. The monoisotopic (exact) mass is 193 g/mol. The zero-order chi connectivity index (χ0) is 10.8. The van der Waals surface area contributed by atoms with E-state index in [0.717, 1.165) is 5.57 Å². The van der Waals surface area contributed by atoms with Crippen molar-refractivity contribution in [3.8, 4) is 0 Å². The molecule has 1 N–H and O–H groups in total. The van der Waals surface area contributed by atoms with Gasteiger partial charge in [0, 0.05) is 6.21 Å². The Bertz CT molecular complexity index is 255. The first-order valence-corrected chi connectivity index (χ1v) is 4.76. The van der Waals surface area contributed by atoms with Crippen LogP contribution in [0.1, 0.15) is 20.8 Å². The maximum Gasteiger partial charge on any atom is 0.0626 e. The van der Waals surface area contributed by atoms with E-state index in [9.17, 15) is 0 Å². The van der Waals surface area contributed by atoms with Crippen LogP contribution in [0.25, 0.3) is 0 Å². The van der Waals surface area contributed by atoms with Gasteiger partial charge in [0.05, 0.1) is 13.2 Å². The Balaban J connectivity index is 4.00. The molecule has 0 aromatic carbocycles. The molecule has 0 rings (SSSR count). The van der Waals surface area contributed by atoms with E-state index in [2.05, 4.69) is 24.9 Å². The van der Waals surface area contributed by atoms with Gasteiger partial charge in [-0.25, -0.2) is 0 Å². The van der Waals surface area contributed by atoms with Gasteiger partial charge < -0.3 is 5.11 Å². The smallest absolute Gasteiger partial charge is 0.0626 e. The van der Waals surface area contributed by atoms with Crippen LogP contribution in [-0.2, 0) is 0 Å². The van der Waals surface area contributed by atoms with E-state index in [4.69, 9.17) is 5.11 Å². The highest BCUT2D eigenvalue weighted by Crippen LogP contribution is 1.95. The van der Waals surface area contributed by atoms with Crippen molar-refractivity contribution in [3.63, 3.8) is 0 Å². The second-order valence-electron chi connectivity index (χ2n) is 3.29. The fourth-order valence-corrected chi connectivity index (χ4v) is 0.750. The molecule has 0 fully saturated rings. The second kappa shape index (κ2) is 8.45. The maximum absolute atomic E-state index is 8.48. The van der Waals surface area contributed by atoms with Crippen LogP contribution < -0.4 is 0 Å². The Kier molecular flexibility index (Phi) is 7.75. The van der Waals surface area contributed by atoms with Gasteiger partial charge in [0.1, 0.15) is 0 Å². The number of nitrogens with zero attached hydrogens (tertiary/aromatic N) is 1. The standard InChI is InChI=1S/C12H19NO/c1-11(2)5-4-6-12(3)7-8-13-9-10-14/h4-8,14H,9-10H2,1-3H3/b6-4+,12-7+,13-8+. The molecule has 0 saturated carbocycles. The van der Waals surface area contributed by atoms with Crippen LogP contribution >= 0.6 is 0 Å². The normalized spacial score (nSPS) is 12.7. The topological polar surface area (TPSA) is 32.6 Å². The Morgan fingerprint density at radius 1 is 1.21 bits per heavy atom. The van der Waals surface area contributed by atoms with Gasteiger partial charge in [-0.2, -0.15) is 0 Å². The van der Waals surface area contributed by atoms with Gasteiger partial charge in [-0.1, -0.05) is 23.8 Å². The summed E-state index contributed by atoms with van der Waals surface area (Å²) in [4.78, 5) is 3.97. The van der Waals surface area contributed by atoms with Crippen molar-refractivity contribution in [1.29, 1.82) is 0 Å². The zero-order valence-corrected chi connectivity index (χ0v) is 9.20. The van der Waals surface area contributed by atoms with Crippen molar-refractivity contribution in [2.45, 2.75) is 20.8 Å². The van der Waals surface area contributed by atoms with Gasteiger partial charge in [-0.05, 0) is 32.4 Å². The van der Waals surface area contributed by atoms with E-state index in [-0.39, 0.29) is 6.61 Å². The molecular weight excluding hydrogens is 174 g/mol. The van der Waals surface area contributed by atoms with Gasteiger partial charge in [0.25, 0.3) is 0 Å². The Labute approximate surface area is 86.4 Å². The average molecular weight is 193 g/mol. The molecule has 0 aromatic rings. The molecule has 0 saturated heterocycles. The summed E-state index contributed by atoms with van der Waals surface area (Å²) in [5, 5.41) is 8.48. The van der Waals surface area contributed by atoms with Crippen LogP contribution in [0.3, 0.4) is 0 Å². The van der Waals surface area contributed by atoms with Gasteiger partial charge in [-0.3, -0.25) is 4.99 Å². The maximum atomic E-state index is 8.48. The molecule has 0 aliphatic rings. The summed E-state index contributed by atoms with van der Waals surface area (Å²) in [5.41, 5.74) is 2.42. The second-order valence-corrected chi connectivity index (χ2v) is 3.29. The highest BCUT2D eigenvalue weighted by molar-refractivity contribution is 5.72. The molecular formula is C12H19NO. The molecule has 0 heterocycles. The first-order chi connectivity index (χ1) is 6.66. The molecule has 0 amide bonds. The van der Waals surface area contributed by atoms with E-state index in [0.29, 0.717) is 6.54 Å². The first kappa shape index (κ1) is 12.8. The van der Waals surface area contributed by atoms with E-state index < -0.39 is 0 Å². The lowest BCUT2D eigenvalue weighted by molar-refractivity contribution is 0.307. The SMILES string of the molecule is CC(C)=C/C=C/C(C)=C/C=N/CCO. The van der Waals surface area contributed by atoms with Gasteiger partial charge in [0.15, 0.2) is 0 Å². The largest absolute Gasteiger partial charge is 0.394 e. The molecule has 0 aliphatic carbocycles. The van der Waals surface area contributed by atoms with Crippen LogP contribution in [0.2, 0.25) is 0 Å². The lowest BCUT2D eigenvalue weighted by Crippen LogP contribution is -1.86. The number of aliphatic hydroxyl groups is 1. The van der Waals surface area contributed by atoms with Crippen LogP contribution in [0, 0.1) is 0 Å². The first-order valence-electron chi connectivity index (χ1n) is 4.76. The highest BCUT2D eigenvalue weighted by Gasteiger charge is 1.78. The van der Waals surface area contributed by atoms with Crippen LogP contribution in [-0.4, -0.2) is 24.5 Å². The molecule has 0 bridgehead atoms. The van der Waals surface area contributed by atoms with Crippen LogP contribution in [0.4, 0.5) is 0 Å². The Morgan fingerprint density at radius 3 is 2.50 bits per heavy atom. The van der Waals surface area contributed by atoms with Crippen LogP contribution in [0.15, 0.2) is 40.4 Å². The van der Waals surface area contributed by atoms with Gasteiger partial charge in [-0.15, -0.1) is 0 Å². The summed E-state index contributed by atoms with van der Waals surface area (Å²) < 4.78 is 0. The number of rotatable bonds is 5. The molecule has 0 radical (unpaired) electrons. The van der Waals surface area contributed by atoms with Gasteiger partial charge >= 0.3 is 0 Å². The van der Waals surface area contributed by atoms with E-state index in [1.807, 2.05) is 25.2 Å². The Hall–Kier alpha value is -1.15. The highest BCUT2D eigenvalue weighted by atomic mass is 16.3. The molecule has 0 spiro atoms. The van der Waals surface area contributed by atoms with Crippen molar-refractivity contribution < 1.29 is 5.11 Å². The lowest BCUT2D eigenvalue weighted by atomic mass is 10.2. The summed E-state index contributed by atoms with van der Waals surface area (Å²) >= 11 is 0. The van der Waals surface area contributed by atoms with Crippen molar-refractivity contribution in [1.82, 2.24) is 0 Å². The van der Waals surface area contributed by atoms with E-state index in [1.54, 1.807) is 6.21 Å². The average Bonchev–Trinajstić information content (AvgIpc) is 2.12. The summed E-state index contributed by atoms with van der Waals surface area (Å²) in [5.74, 6) is 0. The summed E-state index contributed by atoms with van der Waals surface area (Å²) in [6, 6.07) is 0. The minimum Gasteiger partial charge on any atom is -0.394 e. The van der Waals surface area contributed by atoms with Crippen molar-refractivity contribution in [2.75, 3.05) is 13.2 Å². The van der Waals surface area contributed by atoms with Crippen molar-refractivity contribution in [2.24, 2.45) is 4.99 Å². The van der Waals surface area contributed by atoms with E-state index >= 15 is 0 Å². The molecule has 0 aliphatic heterocycles. The fraction of sp³-hybridized carbons (Fsp3) is 0.417. The molecule has 0 aromatic heterocycles. The number of hydrogen-bond acceptors (Lipinski definition) is 2.